The van der Waals surface area contributed by atoms with Crippen LogP contribution in [0.2, 0.25) is 0 Å². The Hall–Kier alpha value is -2.07. The zero-order valence-electron chi connectivity index (χ0n) is 13.7. The summed E-state index contributed by atoms with van der Waals surface area (Å²) in [6.45, 7) is 5.96. The Kier molecular flexibility index (Phi) is 5.61. The smallest absolute Gasteiger partial charge is 0.340 e. The summed E-state index contributed by atoms with van der Waals surface area (Å²) < 4.78 is 5.83. The summed E-state index contributed by atoms with van der Waals surface area (Å²) in [6, 6.07) is 13.8. The van der Waals surface area contributed by atoms with Crippen LogP contribution in [0.5, 0.6) is 0 Å². The number of rotatable bonds is 4. The quantitative estimate of drug-likeness (QED) is 0.599. The number of benzene rings is 2. The minimum atomic E-state index is -0.368. The number of anilines is 1. The van der Waals surface area contributed by atoms with Crippen LogP contribution in [-0.2, 0) is 9.53 Å². The number of hydrogen-bond acceptors (Lipinski definition) is 3. The van der Waals surface area contributed by atoms with E-state index in [1.54, 1.807) is 0 Å². The molecule has 0 unspecified atom stereocenters. The third-order valence-electron chi connectivity index (χ3n) is 3.62. The second-order valence-electron chi connectivity index (χ2n) is 5.41. The summed E-state index contributed by atoms with van der Waals surface area (Å²) in [7, 11) is 1.39. The topological polar surface area (TPSA) is 38.3 Å². The van der Waals surface area contributed by atoms with Gasteiger partial charge in [-0.1, -0.05) is 46.3 Å². The molecule has 0 amide bonds. The van der Waals surface area contributed by atoms with E-state index in [0.717, 1.165) is 32.5 Å². The first-order chi connectivity index (χ1) is 10.9. The van der Waals surface area contributed by atoms with E-state index in [2.05, 4.69) is 39.4 Å². The van der Waals surface area contributed by atoms with Gasteiger partial charge >= 0.3 is 5.97 Å². The Morgan fingerprint density at radius 1 is 1.13 bits per heavy atom. The molecule has 0 bridgehead atoms. The summed E-state index contributed by atoms with van der Waals surface area (Å²) in [5.41, 5.74) is 5.32. The van der Waals surface area contributed by atoms with Gasteiger partial charge in [0.2, 0.25) is 0 Å². The number of methoxy groups -OCH3 is 1. The molecule has 120 valence electrons. The van der Waals surface area contributed by atoms with Crippen molar-refractivity contribution in [3.8, 4) is 0 Å². The Balaban J connectivity index is 2.52. The van der Waals surface area contributed by atoms with Gasteiger partial charge in [-0.15, -0.1) is 0 Å². The first kappa shape index (κ1) is 17.3. The molecule has 2 rings (SSSR count). The number of carbonyl (C=O) groups excluding carboxylic acids is 1. The fraction of sp³-hybridized carbons (Fsp3) is 0.211. The van der Waals surface area contributed by atoms with E-state index in [0.29, 0.717) is 5.57 Å². The molecule has 0 radical (unpaired) electrons. The second kappa shape index (κ2) is 7.47. The molecule has 0 aliphatic rings. The zero-order valence-corrected chi connectivity index (χ0v) is 15.3. The lowest BCUT2D eigenvalue weighted by Crippen LogP contribution is -2.11. The lowest BCUT2D eigenvalue weighted by atomic mass is 10.0. The van der Waals surface area contributed by atoms with Crippen LogP contribution in [0.3, 0.4) is 0 Å². The summed E-state index contributed by atoms with van der Waals surface area (Å²) in [6.07, 6.45) is 0. The zero-order chi connectivity index (χ0) is 17.0. The largest absolute Gasteiger partial charge is 0.465 e. The number of allylic oxidation sites excluding steroid dienone is 1. The number of ether oxygens (including phenoxy) is 1. The molecule has 0 heterocycles. The Morgan fingerprint density at radius 2 is 1.83 bits per heavy atom. The molecule has 0 atom stereocenters. The van der Waals surface area contributed by atoms with Crippen molar-refractivity contribution in [1.29, 1.82) is 0 Å². The Labute approximate surface area is 145 Å². The van der Waals surface area contributed by atoms with E-state index in [-0.39, 0.29) is 5.97 Å². The number of carbonyl (C=O) groups is 1. The molecule has 0 saturated carbocycles. The van der Waals surface area contributed by atoms with Crippen LogP contribution in [0.15, 0.2) is 52.6 Å². The highest BCUT2D eigenvalue weighted by molar-refractivity contribution is 9.10. The SMILES string of the molecule is COC(=O)/C(=C(\C)Nc1cc(C)ccc1C)c1ccccc1Br. The standard InChI is InChI=1S/C19H20BrNO2/c1-12-9-10-13(2)17(11-12)21-14(3)18(19(22)23-4)15-7-5-6-8-16(15)20/h5-11,21H,1-4H3/b18-14+. The Bertz CT molecular complexity index is 766. The third kappa shape index (κ3) is 4.02. The average Bonchev–Trinajstić information content (AvgIpc) is 2.52. The fourth-order valence-electron chi connectivity index (χ4n) is 2.37. The van der Waals surface area contributed by atoms with Gasteiger partial charge in [0.05, 0.1) is 12.7 Å². The monoisotopic (exact) mass is 373 g/mol. The highest BCUT2D eigenvalue weighted by Gasteiger charge is 2.18. The molecule has 0 fully saturated rings. The van der Waals surface area contributed by atoms with Crippen molar-refractivity contribution in [2.75, 3.05) is 12.4 Å². The van der Waals surface area contributed by atoms with Gasteiger partial charge < -0.3 is 10.1 Å². The fourth-order valence-corrected chi connectivity index (χ4v) is 2.85. The van der Waals surface area contributed by atoms with Gasteiger partial charge in [0.25, 0.3) is 0 Å². The van der Waals surface area contributed by atoms with Crippen molar-refractivity contribution in [2.24, 2.45) is 0 Å². The van der Waals surface area contributed by atoms with Crippen LogP contribution in [0.1, 0.15) is 23.6 Å². The summed E-state index contributed by atoms with van der Waals surface area (Å²) in [5.74, 6) is -0.368. The molecule has 3 nitrogen and oxygen atoms in total. The van der Waals surface area contributed by atoms with E-state index in [1.165, 1.54) is 7.11 Å². The van der Waals surface area contributed by atoms with Crippen LogP contribution >= 0.6 is 15.9 Å². The third-order valence-corrected chi connectivity index (χ3v) is 4.31. The molecule has 2 aromatic rings. The average molecular weight is 374 g/mol. The lowest BCUT2D eigenvalue weighted by Gasteiger charge is -2.16. The maximum absolute atomic E-state index is 12.3. The predicted molar refractivity (Wildman–Crippen MR) is 98.3 cm³/mol. The van der Waals surface area contributed by atoms with Gasteiger partial charge in [-0.3, -0.25) is 0 Å². The van der Waals surface area contributed by atoms with Crippen molar-refractivity contribution in [2.45, 2.75) is 20.8 Å². The molecule has 0 aliphatic carbocycles. The number of halogens is 1. The number of esters is 1. The Morgan fingerprint density at radius 3 is 2.48 bits per heavy atom. The van der Waals surface area contributed by atoms with E-state index in [1.807, 2.05) is 45.0 Å². The maximum atomic E-state index is 12.3. The normalized spacial score (nSPS) is 11.7. The predicted octanol–water partition coefficient (Wildman–Crippen LogP) is 5.08. The van der Waals surface area contributed by atoms with E-state index >= 15 is 0 Å². The molecule has 0 aromatic heterocycles. The first-order valence-corrected chi connectivity index (χ1v) is 8.11. The van der Waals surface area contributed by atoms with Crippen LogP contribution in [0.25, 0.3) is 5.57 Å². The molecular formula is C19H20BrNO2. The van der Waals surface area contributed by atoms with Crippen molar-refractivity contribution in [1.82, 2.24) is 0 Å². The molecule has 1 N–H and O–H groups in total. The van der Waals surface area contributed by atoms with E-state index in [9.17, 15) is 4.79 Å². The summed E-state index contributed by atoms with van der Waals surface area (Å²) in [5, 5.41) is 3.35. The molecular weight excluding hydrogens is 354 g/mol. The number of aryl methyl sites for hydroxylation is 2. The lowest BCUT2D eigenvalue weighted by molar-refractivity contribution is -0.133. The van der Waals surface area contributed by atoms with Crippen molar-refractivity contribution in [3.05, 3.63) is 69.3 Å². The van der Waals surface area contributed by atoms with Crippen molar-refractivity contribution in [3.63, 3.8) is 0 Å². The minimum Gasteiger partial charge on any atom is -0.465 e. The molecule has 4 heteroatoms. The highest BCUT2D eigenvalue weighted by Crippen LogP contribution is 2.29. The van der Waals surface area contributed by atoms with Crippen LogP contribution < -0.4 is 5.32 Å². The van der Waals surface area contributed by atoms with Crippen molar-refractivity contribution < 1.29 is 9.53 Å². The molecule has 2 aromatic carbocycles. The molecule has 0 spiro atoms. The van der Waals surface area contributed by atoms with Crippen LogP contribution in [-0.4, -0.2) is 13.1 Å². The van der Waals surface area contributed by atoms with Gasteiger partial charge in [0.1, 0.15) is 0 Å². The number of hydrogen-bond donors (Lipinski definition) is 1. The van der Waals surface area contributed by atoms with Crippen LogP contribution in [0.4, 0.5) is 5.69 Å². The number of nitrogens with one attached hydrogen (secondary N) is 1. The second-order valence-corrected chi connectivity index (χ2v) is 6.27. The molecule has 0 saturated heterocycles. The van der Waals surface area contributed by atoms with Gasteiger partial charge in [0.15, 0.2) is 0 Å². The molecule has 23 heavy (non-hydrogen) atoms. The van der Waals surface area contributed by atoms with Gasteiger partial charge in [-0.05, 0) is 44.0 Å². The van der Waals surface area contributed by atoms with Gasteiger partial charge in [-0.25, -0.2) is 4.79 Å². The van der Waals surface area contributed by atoms with Gasteiger partial charge in [0, 0.05) is 21.4 Å². The highest BCUT2D eigenvalue weighted by atomic mass is 79.9. The van der Waals surface area contributed by atoms with Gasteiger partial charge in [-0.2, -0.15) is 0 Å². The summed E-state index contributed by atoms with van der Waals surface area (Å²) >= 11 is 3.50. The summed E-state index contributed by atoms with van der Waals surface area (Å²) in [4.78, 5) is 12.3. The molecule has 0 aliphatic heterocycles. The van der Waals surface area contributed by atoms with E-state index < -0.39 is 0 Å². The van der Waals surface area contributed by atoms with E-state index in [4.69, 9.17) is 4.74 Å². The first-order valence-electron chi connectivity index (χ1n) is 7.32. The van der Waals surface area contributed by atoms with Crippen molar-refractivity contribution >= 4 is 33.2 Å². The maximum Gasteiger partial charge on any atom is 0.340 e. The van der Waals surface area contributed by atoms with Crippen LogP contribution in [0, 0.1) is 13.8 Å². The minimum absolute atomic E-state index is 0.368.